The van der Waals surface area contributed by atoms with Gasteiger partial charge in [-0.15, -0.1) is 0 Å². The van der Waals surface area contributed by atoms with Gasteiger partial charge in [0.1, 0.15) is 5.75 Å². The Hall–Kier alpha value is -1.67. The summed E-state index contributed by atoms with van der Waals surface area (Å²) in [4.78, 5) is 1.50. The lowest BCUT2D eigenvalue weighted by Crippen LogP contribution is -1.56. The maximum absolute atomic E-state index is 8.63. The van der Waals surface area contributed by atoms with E-state index >= 15 is 0 Å². The third-order valence-corrected chi connectivity index (χ3v) is 0.756. The minimum Gasteiger partial charge on any atom is -0.508 e. The van der Waals surface area contributed by atoms with Gasteiger partial charge in [0.15, 0.2) is 0 Å². The summed E-state index contributed by atoms with van der Waals surface area (Å²) in [5.41, 5.74) is 13.5. The predicted octanol–water partition coefficient (Wildman–Crippen LogP) is 2.26. The second-order valence-electron chi connectivity index (χ2n) is 1.42. The Bertz CT molecular complexity index is 203. The normalized spacial score (nSPS) is 6.80. The summed E-state index contributed by atoms with van der Waals surface area (Å²) in [5.74, 6) is 0.322. The van der Waals surface area contributed by atoms with Gasteiger partial charge in [0, 0.05) is 0 Å². The summed E-state index contributed by atoms with van der Waals surface area (Å²) < 4.78 is 0. The molecule has 1 aromatic carbocycles. The van der Waals surface area contributed by atoms with E-state index < -0.39 is 0 Å². The van der Waals surface area contributed by atoms with Crippen LogP contribution in [0.1, 0.15) is 0 Å². The van der Waals surface area contributed by atoms with Crippen LogP contribution in [0.5, 0.6) is 5.75 Å². The molecule has 10 heavy (non-hydrogen) atoms. The Morgan fingerprint density at radius 2 is 1.50 bits per heavy atom. The third-order valence-electron chi connectivity index (χ3n) is 0.756. The molecule has 0 saturated carbocycles. The van der Waals surface area contributed by atoms with E-state index in [4.69, 9.17) is 16.2 Å². The third kappa shape index (κ3) is 4.49. The van der Waals surface area contributed by atoms with E-state index in [1.807, 2.05) is 6.07 Å². The van der Waals surface area contributed by atoms with Crippen molar-refractivity contribution in [2.75, 3.05) is 0 Å². The van der Waals surface area contributed by atoms with Crippen molar-refractivity contribution < 1.29 is 5.11 Å². The van der Waals surface area contributed by atoms with Crippen LogP contribution < -0.4 is 0 Å². The van der Waals surface area contributed by atoms with E-state index in [9.17, 15) is 0 Å². The molecule has 0 fully saturated rings. The second-order valence-corrected chi connectivity index (χ2v) is 1.42. The summed E-state index contributed by atoms with van der Waals surface area (Å²) in [5, 5.41) is 8.63. The number of hydrogen-bond donors (Lipinski definition) is 1. The summed E-state index contributed by atoms with van der Waals surface area (Å²) in [7, 11) is 0. The van der Waals surface area contributed by atoms with Crippen molar-refractivity contribution in [1.82, 2.24) is 0 Å². The Labute approximate surface area is 58.2 Å². The van der Waals surface area contributed by atoms with Crippen molar-refractivity contribution in [1.29, 1.82) is 0 Å². The molecule has 1 aromatic rings. The number of aromatic hydroxyl groups is 1. The van der Waals surface area contributed by atoms with Crippen LogP contribution in [0.25, 0.3) is 16.0 Å². The van der Waals surface area contributed by atoms with Crippen LogP contribution in [0, 0.1) is 0 Å². The molecule has 4 heteroatoms. The van der Waals surface area contributed by atoms with E-state index in [0.717, 1.165) is 0 Å². The molecule has 0 heterocycles. The van der Waals surface area contributed by atoms with Gasteiger partial charge in [-0.1, -0.05) is 18.2 Å². The van der Waals surface area contributed by atoms with Crippen LogP contribution in [0.3, 0.4) is 0 Å². The maximum Gasteiger partial charge on any atom is 0.115 e. The van der Waals surface area contributed by atoms with Crippen molar-refractivity contribution in [3.05, 3.63) is 46.3 Å². The average molecular weight is 136 g/mol. The molecule has 1 N–H and O–H groups in total. The van der Waals surface area contributed by atoms with Gasteiger partial charge in [0.2, 0.25) is 0 Å². The molecule has 0 atom stereocenters. The number of rotatable bonds is 0. The molecule has 0 amide bonds. The molecule has 1 rings (SSSR count). The van der Waals surface area contributed by atoms with E-state index in [1.54, 1.807) is 24.3 Å². The summed E-state index contributed by atoms with van der Waals surface area (Å²) in [6, 6.07) is 8.71. The van der Waals surface area contributed by atoms with Crippen LogP contribution >= 0.6 is 0 Å². The highest BCUT2D eigenvalue weighted by Crippen LogP contribution is 2.02. The monoisotopic (exact) mass is 136 g/mol. The van der Waals surface area contributed by atoms with Gasteiger partial charge in [0.25, 0.3) is 0 Å². The zero-order valence-corrected chi connectivity index (χ0v) is 5.18. The molecule has 0 aliphatic rings. The van der Waals surface area contributed by atoms with Crippen LogP contribution in [0.4, 0.5) is 0 Å². The molecular formula is C6H6N3O-. The fourth-order valence-corrected chi connectivity index (χ4v) is 0.428. The maximum atomic E-state index is 8.63. The topological polar surface area (TPSA) is 78.9 Å². The van der Waals surface area contributed by atoms with Gasteiger partial charge in [-0.25, -0.2) is 0 Å². The fourth-order valence-electron chi connectivity index (χ4n) is 0.428. The highest BCUT2D eigenvalue weighted by molar-refractivity contribution is 5.18. The van der Waals surface area contributed by atoms with Crippen molar-refractivity contribution >= 4 is 0 Å². The smallest absolute Gasteiger partial charge is 0.115 e. The van der Waals surface area contributed by atoms with E-state index in [2.05, 4.69) is 0 Å². The Balaban J connectivity index is 0.000000236. The Morgan fingerprint density at radius 3 is 1.70 bits per heavy atom. The number of phenolic OH excluding ortho intramolecular Hbond substituents is 1. The van der Waals surface area contributed by atoms with E-state index in [0.29, 0.717) is 5.75 Å². The summed E-state index contributed by atoms with van der Waals surface area (Å²) >= 11 is 0. The highest BCUT2D eigenvalue weighted by atomic mass is 16.3. The fraction of sp³-hybridized carbons (Fsp3) is 0. The van der Waals surface area contributed by atoms with Crippen LogP contribution in [-0.2, 0) is 0 Å². The number of para-hydroxylation sites is 1. The first-order valence-electron chi connectivity index (χ1n) is 2.53. The van der Waals surface area contributed by atoms with Gasteiger partial charge in [-0.05, 0) is 12.1 Å². The van der Waals surface area contributed by atoms with Crippen molar-refractivity contribution in [2.24, 2.45) is 0 Å². The minimum absolute atomic E-state index is 0.322. The lowest BCUT2D eigenvalue weighted by atomic mass is 10.3. The van der Waals surface area contributed by atoms with Crippen molar-refractivity contribution in [3.63, 3.8) is 0 Å². The van der Waals surface area contributed by atoms with Gasteiger partial charge < -0.3 is 16.2 Å². The molecule has 0 aromatic heterocycles. The van der Waals surface area contributed by atoms with E-state index in [1.165, 1.54) is 4.91 Å². The molecule has 0 saturated heterocycles. The summed E-state index contributed by atoms with van der Waals surface area (Å²) in [6.07, 6.45) is 0. The summed E-state index contributed by atoms with van der Waals surface area (Å²) in [6.45, 7) is 0. The SMILES string of the molecule is Oc1ccccc1.[N-]=[N+]=[N-]. The largest absolute Gasteiger partial charge is 0.508 e. The molecule has 0 bridgehead atoms. The van der Waals surface area contributed by atoms with Gasteiger partial charge in [0.05, 0.1) is 0 Å². The van der Waals surface area contributed by atoms with Crippen molar-refractivity contribution in [3.8, 4) is 5.75 Å². The number of phenols is 1. The molecular weight excluding hydrogens is 130 g/mol. The second kappa shape index (κ2) is 5.47. The first-order valence-corrected chi connectivity index (χ1v) is 2.53. The zero-order chi connectivity index (χ0) is 7.82. The Kier molecular flexibility index (Phi) is 4.55. The molecule has 52 valence electrons. The highest BCUT2D eigenvalue weighted by Gasteiger charge is 1.74. The predicted molar refractivity (Wildman–Crippen MR) is 38.2 cm³/mol. The first-order chi connectivity index (χ1) is 4.81. The molecule has 0 aliphatic carbocycles. The molecule has 0 unspecified atom stereocenters. The lowest BCUT2D eigenvalue weighted by Gasteiger charge is -1.82. The van der Waals surface area contributed by atoms with Gasteiger partial charge in [-0.2, -0.15) is 0 Å². The molecule has 0 radical (unpaired) electrons. The molecule has 0 aliphatic heterocycles. The quantitative estimate of drug-likeness (QED) is 0.331. The van der Waals surface area contributed by atoms with Crippen LogP contribution in [-0.4, -0.2) is 5.11 Å². The van der Waals surface area contributed by atoms with Crippen LogP contribution in [0.2, 0.25) is 0 Å². The van der Waals surface area contributed by atoms with Crippen LogP contribution in [0.15, 0.2) is 30.3 Å². The average Bonchev–Trinajstić information content (AvgIpc) is 1.91. The lowest BCUT2D eigenvalue weighted by molar-refractivity contribution is 0.475. The van der Waals surface area contributed by atoms with Gasteiger partial charge >= 0.3 is 0 Å². The first kappa shape index (κ1) is 8.33. The minimum atomic E-state index is 0.322. The number of nitrogens with zero attached hydrogens (tertiary/aromatic N) is 3. The van der Waals surface area contributed by atoms with Crippen molar-refractivity contribution in [2.45, 2.75) is 0 Å². The zero-order valence-electron chi connectivity index (χ0n) is 5.18. The standard InChI is InChI=1S/C6H6O.N3/c7-6-4-2-1-3-5-6;1-3-2/h1-5,7H;/q;-1. The van der Waals surface area contributed by atoms with E-state index in [-0.39, 0.29) is 0 Å². The molecule has 0 spiro atoms. The van der Waals surface area contributed by atoms with Gasteiger partial charge in [-0.3, -0.25) is 4.91 Å². The molecule has 4 nitrogen and oxygen atoms in total. The Morgan fingerprint density at radius 1 is 1.10 bits per heavy atom. The number of benzene rings is 1. The number of hydrogen-bond acceptors (Lipinski definition) is 1.